The topological polar surface area (TPSA) is 80.6 Å². The molecular weight excluding hydrogens is 179 g/mol. The van der Waals surface area contributed by atoms with Crippen LogP contribution < -0.4 is 4.89 Å². The molecule has 1 aromatic rings. The van der Waals surface area contributed by atoms with Gasteiger partial charge >= 0.3 is 0 Å². The fourth-order valence-electron chi connectivity index (χ4n) is 0.814. The molecule has 2 atom stereocenters. The maximum Gasteiger partial charge on any atom is 0.165 e. The first-order valence-corrected chi connectivity index (χ1v) is 4.93. The summed E-state index contributed by atoms with van der Waals surface area (Å²) in [5, 5.41) is 9.03. The van der Waals surface area contributed by atoms with Crippen LogP contribution in [0.15, 0.2) is 30.3 Å². The maximum atomic E-state index is 10.5. The zero-order valence-electron chi connectivity index (χ0n) is 6.12. The number of hydrogen-bond acceptors (Lipinski definition) is 3. The Balaban J connectivity index is 2.94. The molecule has 12 heavy (non-hydrogen) atoms. The zero-order valence-corrected chi connectivity index (χ0v) is 7.02. The van der Waals surface area contributed by atoms with Crippen molar-refractivity contribution in [2.75, 3.05) is 0 Å². The van der Waals surface area contributed by atoms with Crippen LogP contribution in [0.3, 0.4) is 0 Å². The molecule has 0 spiro atoms. The van der Waals surface area contributed by atoms with E-state index < -0.39 is 13.4 Å². The van der Waals surface area contributed by atoms with Gasteiger partial charge in [-0.25, -0.2) is 0 Å². The van der Waals surface area contributed by atoms with E-state index in [0.717, 1.165) is 0 Å². The lowest BCUT2D eigenvalue weighted by atomic mass is 10.2. The van der Waals surface area contributed by atoms with E-state index in [1.807, 2.05) is 0 Å². The van der Waals surface area contributed by atoms with E-state index in [0.29, 0.717) is 0 Å². The van der Waals surface area contributed by atoms with Crippen LogP contribution >= 0.6 is 7.60 Å². The third-order valence-electron chi connectivity index (χ3n) is 1.41. The number of benzene rings is 1. The highest BCUT2D eigenvalue weighted by atomic mass is 31.2. The van der Waals surface area contributed by atoms with Gasteiger partial charge in [0.2, 0.25) is 0 Å². The first kappa shape index (κ1) is 9.42. The lowest BCUT2D eigenvalue weighted by Gasteiger charge is -2.22. The van der Waals surface area contributed by atoms with Crippen molar-refractivity contribution < 1.29 is 19.5 Å². The first-order valence-electron chi connectivity index (χ1n) is 3.28. The molecule has 0 aliphatic heterocycles. The molecule has 2 unspecified atom stereocenters. The Morgan fingerprint density at radius 2 is 1.83 bits per heavy atom. The summed E-state index contributed by atoms with van der Waals surface area (Å²) >= 11 is 0. The van der Waals surface area contributed by atoms with Crippen molar-refractivity contribution in [2.24, 2.45) is 0 Å². The smallest absolute Gasteiger partial charge is 0.165 e. The van der Waals surface area contributed by atoms with Gasteiger partial charge in [-0.3, -0.25) is 0 Å². The second-order valence-corrected chi connectivity index (χ2v) is 3.97. The highest BCUT2D eigenvalue weighted by Gasteiger charge is 2.17. The third kappa shape index (κ3) is 2.16. The molecule has 0 amide bonds. The van der Waals surface area contributed by atoms with Crippen LogP contribution in [0.25, 0.3) is 0 Å². The van der Waals surface area contributed by atoms with Crippen molar-refractivity contribution in [3.63, 3.8) is 0 Å². The molecule has 0 aliphatic carbocycles. The molecule has 4 nitrogen and oxygen atoms in total. The zero-order chi connectivity index (χ0) is 9.19. The average Bonchev–Trinajstić information content (AvgIpc) is 2.03. The van der Waals surface area contributed by atoms with Crippen LogP contribution in [-0.4, -0.2) is 10.00 Å². The second kappa shape index (κ2) is 3.37. The van der Waals surface area contributed by atoms with Gasteiger partial charge in [-0.2, -0.15) is 0 Å². The lowest BCUT2D eigenvalue weighted by Crippen LogP contribution is -2.08. The van der Waals surface area contributed by atoms with Gasteiger partial charge in [-0.15, -0.1) is 0 Å². The predicted molar refractivity (Wildman–Crippen MR) is 41.2 cm³/mol. The summed E-state index contributed by atoms with van der Waals surface area (Å²) in [5.74, 6) is -1.82. The number of aliphatic hydroxyl groups is 1. The van der Waals surface area contributed by atoms with Gasteiger partial charge in [0, 0.05) is 0 Å². The van der Waals surface area contributed by atoms with Crippen LogP contribution in [0.1, 0.15) is 11.4 Å². The summed E-state index contributed by atoms with van der Waals surface area (Å²) < 4.78 is 10.5. The average molecular weight is 187 g/mol. The van der Waals surface area contributed by atoms with Crippen molar-refractivity contribution in [2.45, 2.75) is 5.85 Å². The molecular formula is C7H8O4P-. The largest absolute Gasteiger partial charge is 0.777 e. The number of aliphatic hydroxyl groups excluding tert-OH is 1. The molecule has 0 radical (unpaired) electrons. The molecule has 0 saturated carbocycles. The first-order chi connectivity index (χ1) is 5.52. The Bertz CT molecular complexity index is 292. The fraction of sp³-hybridized carbons (Fsp3) is 0.143. The van der Waals surface area contributed by atoms with E-state index in [-0.39, 0.29) is 5.56 Å². The van der Waals surface area contributed by atoms with Crippen molar-refractivity contribution in [3.8, 4) is 0 Å². The quantitative estimate of drug-likeness (QED) is 0.649. The maximum absolute atomic E-state index is 10.5. The summed E-state index contributed by atoms with van der Waals surface area (Å²) in [7, 11) is -4.67. The molecule has 0 bridgehead atoms. The summed E-state index contributed by atoms with van der Waals surface area (Å²) in [6.07, 6.45) is 0. The Hall–Kier alpha value is -0.670. The molecule has 0 heterocycles. The van der Waals surface area contributed by atoms with Gasteiger partial charge in [0.25, 0.3) is 0 Å². The van der Waals surface area contributed by atoms with Crippen LogP contribution in [-0.2, 0) is 4.57 Å². The van der Waals surface area contributed by atoms with Crippen molar-refractivity contribution in [1.82, 2.24) is 0 Å². The van der Waals surface area contributed by atoms with Crippen LogP contribution in [0.4, 0.5) is 0 Å². The number of rotatable bonds is 2. The van der Waals surface area contributed by atoms with Crippen molar-refractivity contribution >= 4 is 7.60 Å². The summed E-state index contributed by atoms with van der Waals surface area (Å²) in [6.45, 7) is 0. The minimum absolute atomic E-state index is 0.165. The Labute approximate surface area is 69.6 Å². The molecule has 1 rings (SSSR count). The van der Waals surface area contributed by atoms with Gasteiger partial charge in [-0.05, 0) is 5.56 Å². The second-order valence-electron chi connectivity index (χ2n) is 2.35. The molecule has 1 aromatic carbocycles. The molecule has 5 heteroatoms. The van der Waals surface area contributed by atoms with Gasteiger partial charge in [0.1, 0.15) is 5.85 Å². The molecule has 66 valence electrons. The van der Waals surface area contributed by atoms with E-state index >= 15 is 0 Å². The van der Waals surface area contributed by atoms with Crippen LogP contribution in [0.5, 0.6) is 0 Å². The van der Waals surface area contributed by atoms with Crippen LogP contribution in [0.2, 0.25) is 0 Å². The summed E-state index contributed by atoms with van der Waals surface area (Å²) in [6, 6.07) is 7.68. The molecule has 0 aliphatic rings. The van der Waals surface area contributed by atoms with Crippen molar-refractivity contribution in [1.29, 1.82) is 0 Å². The molecule has 2 N–H and O–H groups in total. The van der Waals surface area contributed by atoms with E-state index in [4.69, 9.17) is 10.00 Å². The van der Waals surface area contributed by atoms with E-state index in [1.165, 1.54) is 12.1 Å². The monoisotopic (exact) mass is 187 g/mol. The van der Waals surface area contributed by atoms with Gasteiger partial charge in [0.05, 0.1) is 0 Å². The van der Waals surface area contributed by atoms with Crippen molar-refractivity contribution in [3.05, 3.63) is 35.9 Å². The van der Waals surface area contributed by atoms with Gasteiger partial charge in [0.15, 0.2) is 7.60 Å². The van der Waals surface area contributed by atoms with Gasteiger partial charge in [-0.1, -0.05) is 30.3 Å². The Morgan fingerprint density at radius 1 is 1.33 bits per heavy atom. The minimum Gasteiger partial charge on any atom is -0.777 e. The molecule has 0 aromatic heterocycles. The normalized spacial score (nSPS) is 18.2. The molecule has 0 saturated heterocycles. The summed E-state index contributed by atoms with van der Waals surface area (Å²) in [4.78, 5) is 19.0. The fourth-order valence-corrected chi connectivity index (χ4v) is 1.36. The standard InChI is InChI=1S/C7H9O4P/c8-7(12(9,10)11)6-4-2-1-3-5-6/h1-5,7-8H,(H2,9,10,11)/p-1. The predicted octanol–water partition coefficient (Wildman–Crippen LogP) is 0.223. The van der Waals surface area contributed by atoms with Gasteiger partial charge < -0.3 is 19.5 Å². The Kier molecular flexibility index (Phi) is 2.65. The SMILES string of the molecule is O=P([O-])(O)C(O)c1ccccc1. The minimum atomic E-state index is -4.67. The Morgan fingerprint density at radius 3 is 2.25 bits per heavy atom. The third-order valence-corrected chi connectivity index (χ3v) is 2.32. The van der Waals surface area contributed by atoms with E-state index in [9.17, 15) is 9.46 Å². The summed E-state index contributed by atoms with van der Waals surface area (Å²) in [5.41, 5.74) is 0.165. The van der Waals surface area contributed by atoms with E-state index in [2.05, 4.69) is 0 Å². The van der Waals surface area contributed by atoms with Crippen LogP contribution in [0, 0.1) is 0 Å². The highest BCUT2D eigenvalue weighted by Crippen LogP contribution is 2.45. The van der Waals surface area contributed by atoms with E-state index in [1.54, 1.807) is 18.2 Å². The lowest BCUT2D eigenvalue weighted by molar-refractivity contribution is -0.202. The molecule has 0 fully saturated rings. The number of hydrogen-bond donors (Lipinski definition) is 2. The highest BCUT2D eigenvalue weighted by molar-refractivity contribution is 7.50.